The van der Waals surface area contributed by atoms with E-state index >= 15 is 0 Å². The van der Waals surface area contributed by atoms with Crippen molar-refractivity contribution >= 4 is 16.3 Å². The van der Waals surface area contributed by atoms with Gasteiger partial charge in [0.25, 0.3) is 0 Å². The Kier molecular flexibility index (Phi) is 2.27. The molecule has 1 heterocycles. The van der Waals surface area contributed by atoms with Crippen molar-refractivity contribution in [1.82, 2.24) is 0 Å². The maximum absolute atomic E-state index is 10.9. The summed E-state index contributed by atoms with van der Waals surface area (Å²) >= 11 is 0. The second-order valence-electron chi connectivity index (χ2n) is 4.13. The van der Waals surface area contributed by atoms with Crippen molar-refractivity contribution < 1.29 is 17.7 Å². The van der Waals surface area contributed by atoms with Crippen molar-refractivity contribution in [3.8, 4) is 0 Å². The Labute approximate surface area is 78.7 Å². The highest BCUT2D eigenvalue weighted by molar-refractivity contribution is 8.15. The van der Waals surface area contributed by atoms with E-state index in [9.17, 15) is 8.42 Å². The molecule has 13 heavy (non-hydrogen) atoms. The van der Waals surface area contributed by atoms with Gasteiger partial charge in [0.2, 0.25) is 9.87 Å². The van der Waals surface area contributed by atoms with Gasteiger partial charge in [-0.05, 0) is 27.7 Å². The summed E-state index contributed by atoms with van der Waals surface area (Å²) in [6.07, 6.45) is -1.35. The fourth-order valence-electron chi connectivity index (χ4n) is 0.923. The Balaban J connectivity index is 2.96. The van der Waals surface area contributed by atoms with E-state index in [1.807, 2.05) is 0 Å². The van der Waals surface area contributed by atoms with E-state index in [0.717, 1.165) is 0 Å². The summed E-state index contributed by atoms with van der Waals surface area (Å²) in [6, 6.07) is 0. The van der Waals surface area contributed by atoms with Crippen LogP contribution in [0.4, 0.5) is 0 Å². The van der Waals surface area contributed by atoms with Gasteiger partial charge in [-0.3, -0.25) is 0 Å². The number of hydrogen-bond acceptors (Lipinski definition) is 4. The van der Waals surface area contributed by atoms with Gasteiger partial charge in [0.15, 0.2) is 0 Å². The Bertz CT molecular complexity index is 295. The zero-order valence-electron chi connectivity index (χ0n) is 8.20. The van der Waals surface area contributed by atoms with Gasteiger partial charge in [0, 0.05) is 0 Å². The van der Waals surface area contributed by atoms with Crippen LogP contribution in [-0.4, -0.2) is 26.0 Å². The quantitative estimate of drug-likeness (QED) is 0.607. The van der Waals surface area contributed by atoms with E-state index in [-0.39, 0.29) is 0 Å². The Hall–Kier alpha value is -0.105. The van der Waals surface area contributed by atoms with Crippen LogP contribution in [0, 0.1) is 0 Å². The van der Waals surface area contributed by atoms with Gasteiger partial charge < -0.3 is 9.31 Å². The fraction of sp³-hybridized carbons (Fsp3) is 1.00. The van der Waals surface area contributed by atoms with Crippen molar-refractivity contribution in [2.45, 2.75) is 38.9 Å². The lowest BCUT2D eigenvalue weighted by molar-refractivity contribution is 0.00578. The molecule has 0 aromatic rings. The highest BCUT2D eigenvalue weighted by Gasteiger charge is 2.56. The molecule has 5 nitrogen and oxygen atoms in total. The second kappa shape index (κ2) is 2.69. The van der Waals surface area contributed by atoms with E-state index < -0.39 is 27.5 Å². The van der Waals surface area contributed by atoms with Crippen LogP contribution in [0.1, 0.15) is 27.7 Å². The number of rotatable bonds is 1. The van der Waals surface area contributed by atoms with Crippen LogP contribution in [-0.2, 0) is 19.2 Å². The van der Waals surface area contributed by atoms with E-state index in [0.29, 0.717) is 0 Å². The molecule has 0 aromatic heterocycles. The standard InChI is InChI=1S/C6H14BNO4S/c1-5(2)6(3,4)12-7(11-5)13(8,9)10/h1-4H3,(H2,8,9,10). The third-order valence-corrected chi connectivity index (χ3v) is 3.23. The van der Waals surface area contributed by atoms with E-state index in [1.165, 1.54) is 0 Å². The first-order valence-corrected chi connectivity index (χ1v) is 5.54. The highest BCUT2D eigenvalue weighted by atomic mass is 32.2. The monoisotopic (exact) mass is 207 g/mol. The molecule has 0 radical (unpaired) electrons. The van der Waals surface area contributed by atoms with Gasteiger partial charge in [-0.2, -0.15) is 0 Å². The van der Waals surface area contributed by atoms with Gasteiger partial charge in [0.1, 0.15) is 0 Å². The molecule has 0 bridgehead atoms. The van der Waals surface area contributed by atoms with Gasteiger partial charge in [-0.25, -0.2) is 13.6 Å². The Morgan fingerprint density at radius 3 is 1.54 bits per heavy atom. The zero-order valence-corrected chi connectivity index (χ0v) is 9.01. The van der Waals surface area contributed by atoms with Gasteiger partial charge in [0.05, 0.1) is 11.2 Å². The normalized spacial score (nSPS) is 26.4. The molecular weight excluding hydrogens is 193 g/mol. The van der Waals surface area contributed by atoms with E-state index in [2.05, 4.69) is 0 Å². The fourth-order valence-corrected chi connectivity index (χ4v) is 1.67. The molecule has 76 valence electrons. The van der Waals surface area contributed by atoms with Crippen molar-refractivity contribution in [3.05, 3.63) is 0 Å². The molecule has 1 fully saturated rings. The number of nitrogens with two attached hydrogens (primary N) is 1. The SMILES string of the molecule is CC1(C)OB(S(N)(=O)=O)OC1(C)C. The molecule has 1 saturated heterocycles. The van der Waals surface area contributed by atoms with Crippen molar-refractivity contribution in [2.75, 3.05) is 0 Å². The van der Waals surface area contributed by atoms with Crippen molar-refractivity contribution in [2.24, 2.45) is 5.14 Å². The van der Waals surface area contributed by atoms with E-state index in [1.54, 1.807) is 27.7 Å². The minimum Gasteiger partial charge on any atom is -0.390 e. The summed E-state index contributed by atoms with van der Waals surface area (Å²) in [4.78, 5) is 0. The molecule has 1 aliphatic rings. The number of hydrogen-bond donors (Lipinski definition) is 1. The molecule has 1 aliphatic heterocycles. The summed E-state index contributed by atoms with van der Waals surface area (Å²) in [5.74, 6) is 0. The topological polar surface area (TPSA) is 78.6 Å². The summed E-state index contributed by atoms with van der Waals surface area (Å²) in [6.45, 7) is 7.05. The first-order chi connectivity index (χ1) is 5.56. The van der Waals surface area contributed by atoms with Crippen LogP contribution in [0.25, 0.3) is 0 Å². The largest absolute Gasteiger partial charge is 0.618 e. The first-order valence-electron chi connectivity index (χ1n) is 3.93. The van der Waals surface area contributed by atoms with Gasteiger partial charge in [-0.1, -0.05) is 0 Å². The predicted octanol–water partition coefficient (Wildman–Crippen LogP) is -0.136. The summed E-state index contributed by atoms with van der Waals surface area (Å²) < 4.78 is 32.3. The molecule has 0 amide bonds. The molecular formula is C6H14BNO4S. The lowest BCUT2D eigenvalue weighted by atomic mass is 9.90. The minimum absolute atomic E-state index is 0.663. The molecule has 0 spiro atoms. The molecule has 0 unspecified atom stereocenters. The second-order valence-corrected chi connectivity index (χ2v) is 5.70. The third kappa shape index (κ3) is 1.88. The molecule has 1 rings (SSSR count). The van der Waals surface area contributed by atoms with Gasteiger partial charge >= 0.3 is 6.40 Å². The Morgan fingerprint density at radius 2 is 1.38 bits per heavy atom. The van der Waals surface area contributed by atoms with Crippen LogP contribution >= 0.6 is 0 Å². The average molecular weight is 207 g/mol. The first kappa shape index (κ1) is 11.0. The lowest BCUT2D eigenvalue weighted by Gasteiger charge is -2.32. The molecule has 0 saturated carbocycles. The maximum atomic E-state index is 10.9. The third-order valence-electron chi connectivity index (χ3n) is 2.50. The maximum Gasteiger partial charge on any atom is 0.618 e. The van der Waals surface area contributed by atoms with Crippen molar-refractivity contribution in [3.63, 3.8) is 0 Å². The van der Waals surface area contributed by atoms with Crippen molar-refractivity contribution in [1.29, 1.82) is 0 Å². The van der Waals surface area contributed by atoms with Crippen LogP contribution in [0.15, 0.2) is 0 Å². The summed E-state index contributed by atoms with van der Waals surface area (Å²) in [5.41, 5.74) is -1.33. The molecule has 2 N–H and O–H groups in total. The highest BCUT2D eigenvalue weighted by Crippen LogP contribution is 2.37. The van der Waals surface area contributed by atoms with Crippen LogP contribution in [0.5, 0.6) is 0 Å². The van der Waals surface area contributed by atoms with Crippen LogP contribution < -0.4 is 5.14 Å². The summed E-state index contributed by atoms with van der Waals surface area (Å²) in [7, 11) is -3.79. The van der Waals surface area contributed by atoms with E-state index in [4.69, 9.17) is 14.4 Å². The predicted molar refractivity (Wildman–Crippen MR) is 49.2 cm³/mol. The molecule has 0 aromatic carbocycles. The Morgan fingerprint density at radius 1 is 1.08 bits per heavy atom. The van der Waals surface area contributed by atoms with Crippen LogP contribution in [0.3, 0.4) is 0 Å². The summed E-state index contributed by atoms with van der Waals surface area (Å²) in [5, 5.41) is 4.91. The molecule has 7 heteroatoms. The molecule has 0 atom stereocenters. The lowest BCUT2D eigenvalue weighted by Crippen LogP contribution is -2.41. The molecule has 0 aliphatic carbocycles. The van der Waals surface area contributed by atoms with Gasteiger partial charge in [-0.15, -0.1) is 0 Å². The zero-order chi connectivity index (χ0) is 10.5. The van der Waals surface area contributed by atoms with Crippen LogP contribution in [0.2, 0.25) is 0 Å². The smallest absolute Gasteiger partial charge is 0.390 e. The average Bonchev–Trinajstić information content (AvgIpc) is 2.00. The minimum atomic E-state index is -3.79.